The molecule has 6 nitrogen and oxygen atoms in total. The van der Waals surface area contributed by atoms with Crippen molar-refractivity contribution in [1.29, 1.82) is 0 Å². The van der Waals surface area contributed by atoms with Crippen molar-refractivity contribution in [1.82, 2.24) is 0 Å². The molecule has 2 aromatic carbocycles. The van der Waals surface area contributed by atoms with E-state index in [1.54, 1.807) is 24.3 Å². The van der Waals surface area contributed by atoms with Crippen molar-refractivity contribution in [3.05, 3.63) is 58.8 Å². The largest absolute Gasteiger partial charge is 0.733 e. The first-order chi connectivity index (χ1) is 10.1. The van der Waals surface area contributed by atoms with Crippen LogP contribution in [-0.4, -0.2) is 24.5 Å². The number of rotatable bonds is 5. The maximum atomic E-state index is 11.3. The quantitative estimate of drug-likeness (QED) is 0.823. The van der Waals surface area contributed by atoms with Gasteiger partial charge in [0.25, 0.3) is 0 Å². The predicted molar refractivity (Wildman–Crippen MR) is 77.7 cm³/mol. The maximum absolute atomic E-state index is 11.3. The average Bonchev–Trinajstić information content (AvgIpc) is 2.53. The summed E-state index contributed by atoms with van der Waals surface area (Å²) in [4.78, 5) is 0. The molecule has 2 rings (SSSR count). The van der Waals surface area contributed by atoms with Crippen LogP contribution in [0.4, 0.5) is 5.69 Å². The Balaban J connectivity index is 2.55. The highest BCUT2D eigenvalue weighted by Gasteiger charge is 2.19. The summed E-state index contributed by atoms with van der Waals surface area (Å²) in [6.07, 6.45) is -1.08. The number of ether oxygens (including phenoxy) is 2. The standard InChI is InChI=1S/C15H16NO5/c1-20-13-8-11(12(16(18)19)9-14(13)21-2)15(17)10-6-4-3-5-7-10/h3-9,15,17-18H,1-2H3/q-1/t15-/m1/s1. The van der Waals surface area contributed by atoms with Crippen LogP contribution in [0.25, 0.3) is 0 Å². The Bertz CT molecular complexity index is 601. The second-order valence-corrected chi connectivity index (χ2v) is 4.35. The third kappa shape index (κ3) is 3.08. The van der Waals surface area contributed by atoms with Crippen LogP contribution in [0.15, 0.2) is 42.5 Å². The zero-order valence-corrected chi connectivity index (χ0v) is 11.7. The van der Waals surface area contributed by atoms with Gasteiger partial charge in [-0.25, -0.2) is 0 Å². The lowest BCUT2D eigenvalue weighted by atomic mass is 9.99. The molecule has 0 aliphatic rings. The van der Waals surface area contributed by atoms with Gasteiger partial charge in [0.05, 0.1) is 19.9 Å². The third-order valence-electron chi connectivity index (χ3n) is 3.15. The van der Waals surface area contributed by atoms with Crippen LogP contribution in [0.1, 0.15) is 17.2 Å². The van der Waals surface area contributed by atoms with E-state index in [9.17, 15) is 15.5 Å². The van der Waals surface area contributed by atoms with Gasteiger partial charge in [-0.2, -0.15) is 0 Å². The van der Waals surface area contributed by atoms with E-state index < -0.39 is 6.10 Å². The molecule has 0 bridgehead atoms. The van der Waals surface area contributed by atoms with Crippen molar-refractivity contribution in [2.75, 3.05) is 19.4 Å². The SMILES string of the molecule is COc1cc([C@H](O)c2ccccc2)c(N([O-])O)cc1OC. The number of aliphatic hydroxyl groups is 1. The van der Waals surface area contributed by atoms with Crippen molar-refractivity contribution < 1.29 is 19.8 Å². The van der Waals surface area contributed by atoms with Gasteiger partial charge in [0, 0.05) is 11.6 Å². The minimum atomic E-state index is -1.08. The van der Waals surface area contributed by atoms with E-state index in [1.165, 1.54) is 26.4 Å². The van der Waals surface area contributed by atoms with Crippen LogP contribution in [0.2, 0.25) is 0 Å². The number of hydrogen-bond donors (Lipinski definition) is 2. The summed E-state index contributed by atoms with van der Waals surface area (Å²) in [6, 6.07) is 11.6. The Hall–Kier alpha value is -2.28. The number of nitrogens with zero attached hydrogens (tertiary/aromatic N) is 1. The van der Waals surface area contributed by atoms with E-state index >= 15 is 0 Å². The van der Waals surface area contributed by atoms with E-state index in [0.29, 0.717) is 11.3 Å². The monoisotopic (exact) mass is 290 g/mol. The van der Waals surface area contributed by atoms with E-state index in [1.807, 2.05) is 6.07 Å². The summed E-state index contributed by atoms with van der Waals surface area (Å²) in [5.74, 6) is 0.638. The van der Waals surface area contributed by atoms with Crippen LogP contribution in [0, 0.1) is 5.21 Å². The van der Waals surface area contributed by atoms with Crippen LogP contribution in [0.5, 0.6) is 11.5 Å². The molecule has 0 amide bonds. The second kappa shape index (κ2) is 6.45. The van der Waals surface area contributed by atoms with Crippen molar-refractivity contribution in [3.63, 3.8) is 0 Å². The highest BCUT2D eigenvalue weighted by atomic mass is 16.8. The number of anilines is 1. The summed E-state index contributed by atoms with van der Waals surface area (Å²) in [5, 5.41) is 30.7. The van der Waals surface area contributed by atoms with Gasteiger partial charge in [0.2, 0.25) is 0 Å². The summed E-state index contributed by atoms with van der Waals surface area (Å²) in [6.45, 7) is 0. The van der Waals surface area contributed by atoms with Crippen molar-refractivity contribution in [2.24, 2.45) is 0 Å². The Morgan fingerprint density at radius 3 is 2.14 bits per heavy atom. The first-order valence-electron chi connectivity index (χ1n) is 6.23. The van der Waals surface area contributed by atoms with Crippen LogP contribution in [0.3, 0.4) is 0 Å². The lowest BCUT2D eigenvalue weighted by molar-refractivity contribution is 0.216. The molecular formula is C15H16NO5-. The first kappa shape index (κ1) is 15.1. The fourth-order valence-corrected chi connectivity index (χ4v) is 2.08. The summed E-state index contributed by atoms with van der Waals surface area (Å²) in [5.41, 5.74) is 0.702. The van der Waals surface area contributed by atoms with E-state index in [2.05, 4.69) is 0 Å². The van der Waals surface area contributed by atoms with Gasteiger partial charge < -0.3 is 25.0 Å². The molecular weight excluding hydrogens is 274 g/mol. The molecule has 2 aromatic rings. The molecule has 1 atom stereocenters. The molecule has 0 heterocycles. The Morgan fingerprint density at radius 2 is 1.62 bits per heavy atom. The molecule has 6 heteroatoms. The number of benzene rings is 2. The molecule has 0 aromatic heterocycles. The van der Waals surface area contributed by atoms with Gasteiger partial charge >= 0.3 is 0 Å². The number of methoxy groups -OCH3 is 2. The molecule has 0 aliphatic carbocycles. The molecule has 112 valence electrons. The molecule has 21 heavy (non-hydrogen) atoms. The lowest BCUT2D eigenvalue weighted by Gasteiger charge is -2.28. The van der Waals surface area contributed by atoms with Crippen molar-refractivity contribution >= 4 is 5.69 Å². The molecule has 0 radical (unpaired) electrons. The highest BCUT2D eigenvalue weighted by Crippen LogP contribution is 2.39. The average molecular weight is 290 g/mol. The minimum Gasteiger partial charge on any atom is -0.733 e. The zero-order valence-electron chi connectivity index (χ0n) is 11.7. The second-order valence-electron chi connectivity index (χ2n) is 4.35. The highest BCUT2D eigenvalue weighted by molar-refractivity contribution is 5.63. The Morgan fingerprint density at radius 1 is 1.05 bits per heavy atom. The van der Waals surface area contributed by atoms with E-state index in [-0.39, 0.29) is 22.2 Å². The molecule has 0 unspecified atom stereocenters. The molecule has 0 spiro atoms. The van der Waals surface area contributed by atoms with Crippen molar-refractivity contribution in [2.45, 2.75) is 6.10 Å². The molecule has 0 aliphatic heterocycles. The lowest BCUT2D eigenvalue weighted by Crippen LogP contribution is -2.13. The normalized spacial score (nSPS) is 11.9. The van der Waals surface area contributed by atoms with Gasteiger partial charge in [-0.05, 0) is 11.6 Å². The smallest absolute Gasteiger partial charge is 0.162 e. The summed E-state index contributed by atoms with van der Waals surface area (Å²) >= 11 is 0. The predicted octanol–water partition coefficient (Wildman–Crippen LogP) is 2.48. The maximum Gasteiger partial charge on any atom is 0.162 e. The molecule has 2 N–H and O–H groups in total. The molecule has 0 fully saturated rings. The number of aliphatic hydroxyl groups excluding tert-OH is 1. The van der Waals surface area contributed by atoms with Gasteiger partial charge in [0.1, 0.15) is 6.10 Å². The van der Waals surface area contributed by atoms with Crippen molar-refractivity contribution in [3.8, 4) is 11.5 Å². The fraction of sp³-hybridized carbons (Fsp3) is 0.200. The van der Waals surface area contributed by atoms with Crippen LogP contribution in [-0.2, 0) is 0 Å². The molecule has 0 saturated carbocycles. The van der Waals surface area contributed by atoms with Gasteiger partial charge in [0.15, 0.2) is 11.5 Å². The topological polar surface area (TPSA) is 85.2 Å². The van der Waals surface area contributed by atoms with Crippen LogP contribution < -0.4 is 14.7 Å². The summed E-state index contributed by atoms with van der Waals surface area (Å²) in [7, 11) is 2.87. The third-order valence-corrected chi connectivity index (χ3v) is 3.15. The van der Waals surface area contributed by atoms with E-state index in [4.69, 9.17) is 9.47 Å². The fourth-order valence-electron chi connectivity index (χ4n) is 2.08. The molecule has 0 saturated heterocycles. The minimum absolute atomic E-state index is 0.107. The Kier molecular flexibility index (Phi) is 4.64. The van der Waals surface area contributed by atoms with Gasteiger partial charge in [-0.1, -0.05) is 30.3 Å². The first-order valence-corrected chi connectivity index (χ1v) is 6.23. The zero-order chi connectivity index (χ0) is 15.4. The van der Waals surface area contributed by atoms with Gasteiger partial charge in [-0.15, -0.1) is 0 Å². The van der Waals surface area contributed by atoms with Crippen LogP contribution >= 0.6 is 0 Å². The Labute approximate surface area is 122 Å². The number of hydrogen-bond acceptors (Lipinski definition) is 6. The van der Waals surface area contributed by atoms with E-state index in [0.717, 1.165) is 0 Å². The summed E-state index contributed by atoms with van der Waals surface area (Å²) < 4.78 is 10.2. The van der Waals surface area contributed by atoms with Gasteiger partial charge in [-0.3, -0.25) is 5.21 Å².